The Hall–Kier alpha value is -1.58. The molecule has 68 valence electrons. The number of oxime groups is 1. The van der Waals surface area contributed by atoms with E-state index in [1.165, 1.54) is 0 Å². The van der Waals surface area contributed by atoms with Crippen LogP contribution in [0.4, 0.5) is 5.82 Å². The van der Waals surface area contributed by atoms with Crippen molar-refractivity contribution in [1.82, 2.24) is 4.98 Å². The molecule has 4 heteroatoms. The summed E-state index contributed by atoms with van der Waals surface area (Å²) in [6, 6.07) is 3.84. The summed E-state index contributed by atoms with van der Waals surface area (Å²) in [5.41, 5.74) is 2.58. The van der Waals surface area contributed by atoms with Crippen molar-refractivity contribution in [2.45, 2.75) is 13.3 Å². The molecular formula is C9H11N3O. The minimum atomic E-state index is 0.709. The van der Waals surface area contributed by atoms with Crippen LogP contribution in [-0.4, -0.2) is 22.4 Å². The van der Waals surface area contributed by atoms with Crippen LogP contribution in [0.3, 0.4) is 0 Å². The van der Waals surface area contributed by atoms with E-state index in [-0.39, 0.29) is 0 Å². The van der Waals surface area contributed by atoms with Gasteiger partial charge in [0.2, 0.25) is 0 Å². The summed E-state index contributed by atoms with van der Waals surface area (Å²) in [5.74, 6) is 0.819. The predicted molar refractivity (Wildman–Crippen MR) is 50.4 cm³/mol. The van der Waals surface area contributed by atoms with Crippen LogP contribution in [0.5, 0.6) is 0 Å². The summed E-state index contributed by atoms with van der Waals surface area (Å²) >= 11 is 0. The lowest BCUT2D eigenvalue weighted by molar-refractivity contribution is 0.318. The number of hydrogen-bond acceptors (Lipinski definition) is 4. The minimum Gasteiger partial charge on any atom is -0.411 e. The summed E-state index contributed by atoms with van der Waals surface area (Å²) in [7, 11) is 0. The number of nitrogens with one attached hydrogen (secondary N) is 1. The molecule has 1 aromatic heterocycles. The van der Waals surface area contributed by atoms with Crippen molar-refractivity contribution in [3.63, 3.8) is 0 Å². The molecule has 0 amide bonds. The molecule has 0 aliphatic carbocycles. The van der Waals surface area contributed by atoms with Gasteiger partial charge in [-0.05, 0) is 19.1 Å². The van der Waals surface area contributed by atoms with Gasteiger partial charge in [-0.15, -0.1) is 0 Å². The highest BCUT2D eigenvalue weighted by molar-refractivity contribution is 6.05. The average molecular weight is 177 g/mol. The lowest BCUT2D eigenvalue weighted by Gasteiger charge is -2.17. The number of rotatable bonds is 0. The topological polar surface area (TPSA) is 57.5 Å². The van der Waals surface area contributed by atoms with Gasteiger partial charge in [-0.25, -0.2) is 4.98 Å². The van der Waals surface area contributed by atoms with Crippen LogP contribution in [0.2, 0.25) is 0 Å². The number of aryl methyl sites for hydroxylation is 1. The zero-order valence-corrected chi connectivity index (χ0v) is 7.41. The van der Waals surface area contributed by atoms with E-state index in [4.69, 9.17) is 5.21 Å². The second kappa shape index (κ2) is 3.05. The van der Waals surface area contributed by atoms with Gasteiger partial charge in [0, 0.05) is 24.2 Å². The molecule has 0 saturated carbocycles. The molecule has 4 nitrogen and oxygen atoms in total. The van der Waals surface area contributed by atoms with Crippen LogP contribution in [0.15, 0.2) is 17.3 Å². The highest BCUT2D eigenvalue weighted by atomic mass is 16.4. The van der Waals surface area contributed by atoms with Gasteiger partial charge in [-0.3, -0.25) is 0 Å². The van der Waals surface area contributed by atoms with Crippen molar-refractivity contribution < 1.29 is 5.21 Å². The molecule has 0 saturated heterocycles. The Morgan fingerprint density at radius 2 is 2.38 bits per heavy atom. The van der Waals surface area contributed by atoms with Crippen molar-refractivity contribution >= 4 is 11.5 Å². The average Bonchev–Trinajstić information content (AvgIpc) is 2.16. The first-order valence-electron chi connectivity index (χ1n) is 4.24. The highest BCUT2D eigenvalue weighted by Gasteiger charge is 2.16. The first kappa shape index (κ1) is 8.04. The van der Waals surface area contributed by atoms with Gasteiger partial charge in [-0.2, -0.15) is 0 Å². The van der Waals surface area contributed by atoms with Gasteiger partial charge in [0.1, 0.15) is 5.82 Å². The van der Waals surface area contributed by atoms with E-state index in [1.54, 1.807) is 0 Å². The maximum absolute atomic E-state index is 8.74. The minimum absolute atomic E-state index is 0.709. The second-order valence-electron chi connectivity index (χ2n) is 3.07. The van der Waals surface area contributed by atoms with Crippen LogP contribution in [0.1, 0.15) is 17.7 Å². The third-order valence-corrected chi connectivity index (χ3v) is 2.12. The van der Waals surface area contributed by atoms with Gasteiger partial charge in [0.15, 0.2) is 0 Å². The van der Waals surface area contributed by atoms with E-state index < -0.39 is 0 Å². The maximum atomic E-state index is 8.74. The predicted octanol–water partition coefficient (Wildman–Crippen LogP) is 1.38. The molecule has 0 bridgehead atoms. The lowest BCUT2D eigenvalue weighted by atomic mass is 10.0. The largest absolute Gasteiger partial charge is 0.411 e. The standard InChI is InChI=1S/C9H11N3O/c1-6-2-3-7-8(12-13)4-5-10-9(7)11-6/h2-3,13H,4-5H2,1H3,(H,10,11). The highest BCUT2D eigenvalue weighted by Crippen LogP contribution is 2.19. The Morgan fingerprint density at radius 3 is 3.15 bits per heavy atom. The number of aromatic nitrogens is 1. The third-order valence-electron chi connectivity index (χ3n) is 2.12. The van der Waals surface area contributed by atoms with Gasteiger partial charge in [-0.1, -0.05) is 5.16 Å². The zero-order valence-electron chi connectivity index (χ0n) is 7.41. The fourth-order valence-corrected chi connectivity index (χ4v) is 1.46. The number of anilines is 1. The molecule has 0 aromatic carbocycles. The van der Waals surface area contributed by atoms with Crippen LogP contribution < -0.4 is 5.32 Å². The first-order valence-corrected chi connectivity index (χ1v) is 4.24. The maximum Gasteiger partial charge on any atom is 0.135 e. The third kappa shape index (κ3) is 1.35. The quantitative estimate of drug-likeness (QED) is 0.465. The van der Waals surface area contributed by atoms with Crippen LogP contribution in [0, 0.1) is 6.92 Å². The Bertz CT molecular complexity index is 360. The van der Waals surface area contributed by atoms with E-state index in [0.29, 0.717) is 5.71 Å². The molecule has 0 unspecified atom stereocenters. The van der Waals surface area contributed by atoms with Crippen molar-refractivity contribution in [3.05, 3.63) is 23.4 Å². The SMILES string of the molecule is Cc1ccc2c(n1)NCCC2=NO. The summed E-state index contributed by atoms with van der Waals surface area (Å²) in [4.78, 5) is 4.31. The normalized spacial score (nSPS) is 18.1. The Kier molecular flexibility index (Phi) is 1.88. The van der Waals surface area contributed by atoms with Crippen molar-refractivity contribution in [3.8, 4) is 0 Å². The van der Waals surface area contributed by atoms with E-state index in [0.717, 1.165) is 30.0 Å². The molecule has 2 N–H and O–H groups in total. The molecule has 13 heavy (non-hydrogen) atoms. The molecule has 0 fully saturated rings. The van der Waals surface area contributed by atoms with Gasteiger partial charge < -0.3 is 10.5 Å². The Labute approximate surface area is 76.3 Å². The Morgan fingerprint density at radius 1 is 1.54 bits per heavy atom. The molecule has 1 aliphatic heterocycles. The number of pyridine rings is 1. The second-order valence-corrected chi connectivity index (χ2v) is 3.07. The fraction of sp³-hybridized carbons (Fsp3) is 0.333. The molecule has 1 aromatic rings. The van der Waals surface area contributed by atoms with E-state index in [2.05, 4.69) is 15.5 Å². The monoisotopic (exact) mass is 177 g/mol. The number of nitrogens with zero attached hydrogens (tertiary/aromatic N) is 2. The van der Waals surface area contributed by atoms with E-state index in [9.17, 15) is 0 Å². The lowest BCUT2D eigenvalue weighted by Crippen LogP contribution is -2.20. The Balaban J connectivity index is 2.52. The van der Waals surface area contributed by atoms with Crippen LogP contribution >= 0.6 is 0 Å². The summed E-state index contributed by atoms with van der Waals surface area (Å²) in [6.07, 6.45) is 0.744. The summed E-state index contributed by atoms with van der Waals surface area (Å²) < 4.78 is 0. The van der Waals surface area contributed by atoms with Crippen molar-refractivity contribution in [2.75, 3.05) is 11.9 Å². The zero-order chi connectivity index (χ0) is 9.26. The van der Waals surface area contributed by atoms with Crippen molar-refractivity contribution in [2.24, 2.45) is 5.16 Å². The summed E-state index contributed by atoms with van der Waals surface area (Å²) in [6.45, 7) is 2.72. The molecule has 1 aliphatic rings. The molecule has 2 rings (SSSR count). The van der Waals surface area contributed by atoms with Crippen LogP contribution in [-0.2, 0) is 0 Å². The molecule has 0 spiro atoms. The molecule has 0 radical (unpaired) electrons. The number of fused-ring (bicyclic) bond motifs is 1. The molecule has 0 atom stereocenters. The van der Waals surface area contributed by atoms with Gasteiger partial charge in [0.05, 0.1) is 5.71 Å². The smallest absolute Gasteiger partial charge is 0.135 e. The van der Waals surface area contributed by atoms with Crippen molar-refractivity contribution in [1.29, 1.82) is 0 Å². The fourth-order valence-electron chi connectivity index (χ4n) is 1.46. The molecule has 2 heterocycles. The summed E-state index contributed by atoms with van der Waals surface area (Å²) in [5, 5.41) is 15.2. The van der Waals surface area contributed by atoms with E-state index >= 15 is 0 Å². The van der Waals surface area contributed by atoms with Gasteiger partial charge in [0.25, 0.3) is 0 Å². The molecular weight excluding hydrogens is 166 g/mol. The van der Waals surface area contributed by atoms with Gasteiger partial charge >= 0.3 is 0 Å². The number of hydrogen-bond donors (Lipinski definition) is 2. The first-order chi connectivity index (χ1) is 6.31. The van der Waals surface area contributed by atoms with E-state index in [1.807, 2.05) is 19.1 Å². The van der Waals surface area contributed by atoms with Crippen LogP contribution in [0.25, 0.3) is 0 Å².